The Labute approximate surface area is 115 Å². The summed E-state index contributed by atoms with van der Waals surface area (Å²) in [6.45, 7) is 1.55. The number of carboxylic acids is 1. The van der Waals surface area contributed by atoms with Crippen LogP contribution < -0.4 is 5.32 Å². The van der Waals surface area contributed by atoms with E-state index < -0.39 is 17.8 Å². The lowest BCUT2D eigenvalue weighted by Crippen LogP contribution is -2.34. The normalized spacial score (nSPS) is 11.9. The van der Waals surface area contributed by atoms with Crippen LogP contribution in [0.2, 0.25) is 0 Å². The molecule has 0 fully saturated rings. The Morgan fingerprint density at radius 1 is 1.47 bits per heavy atom. The van der Waals surface area contributed by atoms with E-state index in [-0.39, 0.29) is 12.3 Å². The molecule has 6 heteroatoms. The fraction of sp³-hybridized carbons (Fsp3) is 0.385. The Morgan fingerprint density at radius 2 is 2.16 bits per heavy atom. The number of benzene rings is 1. The van der Waals surface area contributed by atoms with Crippen LogP contribution in [0.1, 0.15) is 23.6 Å². The number of aliphatic carboxylic acids is 1. The fourth-order valence-electron chi connectivity index (χ4n) is 1.56. The Hall–Kier alpha value is -1.56. The molecule has 0 aliphatic heterocycles. The van der Waals surface area contributed by atoms with Crippen molar-refractivity contribution in [2.45, 2.75) is 19.4 Å². The maximum atomic E-state index is 13.2. The van der Waals surface area contributed by atoms with Crippen LogP contribution in [0.3, 0.4) is 0 Å². The van der Waals surface area contributed by atoms with Gasteiger partial charge in [-0.3, -0.25) is 4.79 Å². The number of hydrogen-bond donors (Lipinski definition) is 2. The van der Waals surface area contributed by atoms with Gasteiger partial charge in [0.05, 0.1) is 0 Å². The predicted molar refractivity (Wildman–Crippen MR) is 72.7 cm³/mol. The number of carbonyl (C=O) groups excluding carboxylic acids is 1. The third-order valence-electron chi connectivity index (χ3n) is 2.60. The van der Waals surface area contributed by atoms with Gasteiger partial charge in [0.2, 0.25) is 5.91 Å². The number of carboxylic acid groups (broad SMARTS) is 1. The Morgan fingerprint density at radius 3 is 2.68 bits per heavy atom. The van der Waals surface area contributed by atoms with Gasteiger partial charge in [0, 0.05) is 12.2 Å². The number of hydrogen-bond acceptors (Lipinski definition) is 3. The van der Waals surface area contributed by atoms with Gasteiger partial charge in [0.1, 0.15) is 5.82 Å². The van der Waals surface area contributed by atoms with Crippen LogP contribution in [0.25, 0.3) is 0 Å². The highest BCUT2D eigenvalue weighted by molar-refractivity contribution is 7.98. The molecule has 0 spiro atoms. The van der Waals surface area contributed by atoms with Crippen molar-refractivity contribution in [1.82, 2.24) is 5.32 Å². The summed E-state index contributed by atoms with van der Waals surface area (Å²) >= 11 is 1.51. The van der Waals surface area contributed by atoms with Gasteiger partial charge in [0.25, 0.3) is 0 Å². The van der Waals surface area contributed by atoms with Crippen molar-refractivity contribution in [3.63, 3.8) is 0 Å². The molecular formula is C13H16FNO3S. The topological polar surface area (TPSA) is 66.4 Å². The molecule has 1 rings (SSSR count). The first-order chi connectivity index (χ1) is 8.95. The van der Waals surface area contributed by atoms with Crippen LogP contribution in [0.4, 0.5) is 4.39 Å². The predicted octanol–water partition coefficient (Wildman–Crippen LogP) is 2.13. The molecule has 0 saturated heterocycles. The van der Waals surface area contributed by atoms with E-state index in [2.05, 4.69) is 5.32 Å². The summed E-state index contributed by atoms with van der Waals surface area (Å²) in [5.41, 5.74) is 0.714. The van der Waals surface area contributed by atoms with Crippen molar-refractivity contribution in [2.75, 3.05) is 12.0 Å². The molecule has 1 unspecified atom stereocenters. The summed E-state index contributed by atoms with van der Waals surface area (Å²) in [4.78, 5) is 22.8. The number of carbonyl (C=O) groups is 2. The van der Waals surface area contributed by atoms with Crippen LogP contribution in [0.15, 0.2) is 18.2 Å². The van der Waals surface area contributed by atoms with Gasteiger partial charge >= 0.3 is 5.97 Å². The molecule has 1 atom stereocenters. The number of thioether (sulfide) groups is 1. The monoisotopic (exact) mass is 285 g/mol. The number of amides is 1. The second-order valence-electron chi connectivity index (χ2n) is 4.09. The summed E-state index contributed by atoms with van der Waals surface area (Å²) in [5, 5.41) is 11.6. The van der Waals surface area contributed by atoms with Crippen molar-refractivity contribution in [3.8, 4) is 0 Å². The molecule has 4 nitrogen and oxygen atoms in total. The van der Waals surface area contributed by atoms with E-state index in [0.717, 1.165) is 0 Å². The molecule has 0 radical (unpaired) electrons. The van der Waals surface area contributed by atoms with Gasteiger partial charge in [-0.2, -0.15) is 11.8 Å². The molecule has 1 aromatic carbocycles. The average Bonchev–Trinajstić information content (AvgIpc) is 2.36. The molecule has 1 amide bonds. The minimum atomic E-state index is -1.16. The van der Waals surface area contributed by atoms with E-state index in [0.29, 0.717) is 16.9 Å². The van der Waals surface area contributed by atoms with E-state index in [1.54, 1.807) is 6.92 Å². The van der Waals surface area contributed by atoms with Gasteiger partial charge in [-0.1, -0.05) is 12.1 Å². The lowest BCUT2D eigenvalue weighted by atomic mass is 10.0. The molecule has 104 valence electrons. The summed E-state index contributed by atoms with van der Waals surface area (Å²) in [5.74, 6) is -1.27. The first-order valence-electron chi connectivity index (χ1n) is 5.73. The lowest BCUT2D eigenvalue weighted by molar-refractivity contribution is -0.142. The van der Waals surface area contributed by atoms with Crippen molar-refractivity contribution >= 4 is 23.6 Å². The van der Waals surface area contributed by atoms with E-state index in [1.807, 2.05) is 6.26 Å². The average molecular weight is 285 g/mol. The maximum Gasteiger partial charge on any atom is 0.330 e. The van der Waals surface area contributed by atoms with Crippen LogP contribution in [-0.2, 0) is 9.59 Å². The highest BCUT2D eigenvalue weighted by atomic mass is 32.2. The number of nitrogens with one attached hydrogen (secondary N) is 1. The minimum absolute atomic E-state index is 0.255. The first kappa shape index (κ1) is 15.5. The zero-order valence-electron chi connectivity index (χ0n) is 10.8. The molecule has 0 bridgehead atoms. The summed E-state index contributed by atoms with van der Waals surface area (Å²) < 4.78 is 13.2. The highest BCUT2D eigenvalue weighted by Gasteiger charge is 2.22. The fourth-order valence-corrected chi connectivity index (χ4v) is 1.95. The smallest absolute Gasteiger partial charge is 0.330 e. The Kier molecular flexibility index (Phi) is 5.82. The van der Waals surface area contributed by atoms with Crippen LogP contribution in [0, 0.1) is 12.7 Å². The molecule has 0 saturated carbocycles. The number of halogens is 1. The molecular weight excluding hydrogens is 269 g/mol. The highest BCUT2D eigenvalue weighted by Crippen LogP contribution is 2.17. The third kappa shape index (κ3) is 4.55. The van der Waals surface area contributed by atoms with Gasteiger partial charge in [-0.05, 0) is 30.4 Å². The van der Waals surface area contributed by atoms with E-state index >= 15 is 0 Å². The summed E-state index contributed by atoms with van der Waals surface area (Å²) in [6, 6.07) is 2.86. The molecule has 0 aliphatic rings. The molecule has 0 aromatic heterocycles. The van der Waals surface area contributed by atoms with Gasteiger partial charge in [-0.15, -0.1) is 0 Å². The molecule has 0 heterocycles. The Bertz CT molecular complexity index is 479. The van der Waals surface area contributed by atoms with E-state index in [1.165, 1.54) is 30.0 Å². The standard InChI is InChI=1S/C13H16FNO3S/c1-8-7-9(3-4-10(8)14)12(13(17)18)15-11(16)5-6-19-2/h3-4,7,12H,5-6H2,1-2H3,(H,15,16)(H,17,18). The van der Waals surface area contributed by atoms with Gasteiger partial charge in [0.15, 0.2) is 6.04 Å². The largest absolute Gasteiger partial charge is 0.479 e. The zero-order chi connectivity index (χ0) is 14.4. The second-order valence-corrected chi connectivity index (χ2v) is 5.08. The molecule has 2 N–H and O–H groups in total. The minimum Gasteiger partial charge on any atom is -0.479 e. The van der Waals surface area contributed by atoms with E-state index in [9.17, 15) is 14.0 Å². The Balaban J connectivity index is 2.85. The molecule has 0 aliphatic carbocycles. The van der Waals surface area contributed by atoms with Crippen LogP contribution >= 0.6 is 11.8 Å². The summed E-state index contributed by atoms with van der Waals surface area (Å²) in [7, 11) is 0. The first-order valence-corrected chi connectivity index (χ1v) is 7.12. The SMILES string of the molecule is CSCCC(=O)NC(C(=O)O)c1ccc(F)c(C)c1. The van der Waals surface area contributed by atoms with Crippen molar-refractivity contribution in [1.29, 1.82) is 0 Å². The van der Waals surface area contributed by atoms with Crippen molar-refractivity contribution in [3.05, 3.63) is 35.1 Å². The molecule has 19 heavy (non-hydrogen) atoms. The third-order valence-corrected chi connectivity index (χ3v) is 3.21. The number of rotatable bonds is 6. The zero-order valence-corrected chi connectivity index (χ0v) is 11.6. The van der Waals surface area contributed by atoms with E-state index in [4.69, 9.17) is 5.11 Å². The lowest BCUT2D eigenvalue weighted by Gasteiger charge is -2.15. The van der Waals surface area contributed by atoms with Gasteiger partial charge < -0.3 is 10.4 Å². The summed E-state index contributed by atoms with van der Waals surface area (Å²) in [6.07, 6.45) is 2.12. The van der Waals surface area contributed by atoms with Crippen LogP contribution in [0.5, 0.6) is 0 Å². The van der Waals surface area contributed by atoms with Crippen molar-refractivity contribution < 1.29 is 19.1 Å². The quantitative estimate of drug-likeness (QED) is 0.840. The molecule has 1 aromatic rings. The number of aryl methyl sites for hydroxylation is 1. The van der Waals surface area contributed by atoms with Crippen molar-refractivity contribution in [2.24, 2.45) is 0 Å². The maximum absolute atomic E-state index is 13.2. The van der Waals surface area contributed by atoms with Crippen LogP contribution in [-0.4, -0.2) is 29.0 Å². The second kappa shape index (κ2) is 7.13. The van der Waals surface area contributed by atoms with Gasteiger partial charge in [-0.25, -0.2) is 9.18 Å².